The summed E-state index contributed by atoms with van der Waals surface area (Å²) in [6.45, 7) is 2.01. The van der Waals surface area contributed by atoms with Crippen LogP contribution in [0.5, 0.6) is 5.75 Å². The van der Waals surface area contributed by atoms with Gasteiger partial charge in [-0.25, -0.2) is 0 Å². The van der Waals surface area contributed by atoms with Gasteiger partial charge in [0.25, 0.3) is 0 Å². The van der Waals surface area contributed by atoms with Crippen LogP contribution >= 0.6 is 11.6 Å². The Balaban J connectivity index is 2.40. The summed E-state index contributed by atoms with van der Waals surface area (Å²) in [7, 11) is 1.63. The Kier molecular flexibility index (Phi) is 5.10. The molecule has 0 fully saturated rings. The number of hydrogen-bond donors (Lipinski definition) is 2. The number of ether oxygens (including phenoxy) is 1. The maximum absolute atomic E-state index is 9.99. The lowest BCUT2D eigenvalue weighted by atomic mass is 9.87. The summed E-state index contributed by atoms with van der Waals surface area (Å²) in [6.07, 6.45) is 0.725. The number of rotatable bonds is 6. The van der Waals surface area contributed by atoms with Crippen LogP contribution in [0.2, 0.25) is 5.02 Å². The van der Waals surface area contributed by atoms with Gasteiger partial charge >= 0.3 is 0 Å². The van der Waals surface area contributed by atoms with Gasteiger partial charge in [0.2, 0.25) is 0 Å². The van der Waals surface area contributed by atoms with E-state index in [1.54, 1.807) is 7.11 Å². The van der Waals surface area contributed by atoms with Crippen molar-refractivity contribution in [2.45, 2.75) is 18.9 Å². The smallest absolute Gasteiger partial charge is 0.141 e. The number of benzene rings is 2. The van der Waals surface area contributed by atoms with Gasteiger partial charge in [0, 0.05) is 5.02 Å². The first kappa shape index (κ1) is 15.7. The van der Waals surface area contributed by atoms with Crippen molar-refractivity contribution in [3.05, 3.63) is 59.1 Å². The van der Waals surface area contributed by atoms with Crippen molar-refractivity contribution in [1.82, 2.24) is 0 Å². The van der Waals surface area contributed by atoms with Crippen LogP contribution in [0.15, 0.2) is 48.5 Å². The van der Waals surface area contributed by atoms with E-state index in [9.17, 15) is 5.11 Å². The van der Waals surface area contributed by atoms with Gasteiger partial charge in [-0.2, -0.15) is 0 Å². The summed E-state index contributed by atoms with van der Waals surface area (Å²) in [5, 5.41) is 14.1. The van der Waals surface area contributed by atoms with Crippen LogP contribution < -0.4 is 10.1 Å². The maximum Gasteiger partial charge on any atom is 0.141 e. The van der Waals surface area contributed by atoms with Gasteiger partial charge in [-0.3, -0.25) is 0 Å². The van der Waals surface area contributed by atoms with Gasteiger partial charge in [0.05, 0.1) is 24.9 Å². The summed E-state index contributed by atoms with van der Waals surface area (Å²) in [5.41, 5.74) is 1.27. The van der Waals surface area contributed by atoms with Gasteiger partial charge < -0.3 is 15.2 Å². The van der Waals surface area contributed by atoms with E-state index in [1.807, 2.05) is 55.5 Å². The summed E-state index contributed by atoms with van der Waals surface area (Å²) in [4.78, 5) is 0. The fraction of sp³-hybridized carbons (Fsp3) is 0.294. The molecule has 2 aromatic carbocycles. The van der Waals surface area contributed by atoms with E-state index in [0.717, 1.165) is 23.4 Å². The molecule has 0 bridgehead atoms. The van der Waals surface area contributed by atoms with Crippen molar-refractivity contribution >= 4 is 17.3 Å². The SMILES string of the molecule is CCC(CO)(Nc1ccccc1OC)c1ccc(Cl)cc1. The van der Waals surface area contributed by atoms with Crippen LogP contribution in [0.3, 0.4) is 0 Å². The number of aliphatic hydroxyl groups is 1. The van der Waals surface area contributed by atoms with Crippen LogP contribution in [0.4, 0.5) is 5.69 Å². The topological polar surface area (TPSA) is 41.5 Å². The predicted octanol–water partition coefficient (Wildman–Crippen LogP) is 4.06. The highest BCUT2D eigenvalue weighted by Crippen LogP contribution is 2.34. The molecule has 2 aromatic rings. The van der Waals surface area contributed by atoms with E-state index >= 15 is 0 Å². The molecule has 0 amide bonds. The van der Waals surface area contributed by atoms with Gasteiger partial charge in [-0.15, -0.1) is 0 Å². The highest BCUT2D eigenvalue weighted by Gasteiger charge is 2.30. The van der Waals surface area contributed by atoms with Crippen LogP contribution in [-0.4, -0.2) is 18.8 Å². The molecule has 0 saturated heterocycles. The van der Waals surface area contributed by atoms with Crippen molar-refractivity contribution in [3.63, 3.8) is 0 Å². The van der Waals surface area contributed by atoms with Crippen molar-refractivity contribution in [1.29, 1.82) is 0 Å². The molecule has 0 spiro atoms. The summed E-state index contributed by atoms with van der Waals surface area (Å²) < 4.78 is 5.37. The second-order valence-corrected chi connectivity index (χ2v) is 5.36. The lowest BCUT2D eigenvalue weighted by Crippen LogP contribution is -2.38. The van der Waals surface area contributed by atoms with E-state index in [2.05, 4.69) is 5.32 Å². The monoisotopic (exact) mass is 305 g/mol. The fourth-order valence-corrected chi connectivity index (χ4v) is 2.51. The minimum atomic E-state index is -0.570. The normalized spacial score (nSPS) is 13.5. The Hall–Kier alpha value is -1.71. The fourth-order valence-electron chi connectivity index (χ4n) is 2.38. The molecule has 21 heavy (non-hydrogen) atoms. The van der Waals surface area contributed by atoms with Crippen molar-refractivity contribution in [3.8, 4) is 5.75 Å². The summed E-state index contributed by atoms with van der Waals surface area (Å²) in [6, 6.07) is 15.2. The number of methoxy groups -OCH3 is 1. The van der Waals surface area contributed by atoms with E-state index in [1.165, 1.54) is 0 Å². The largest absolute Gasteiger partial charge is 0.495 e. The molecule has 2 N–H and O–H groups in total. The third-order valence-electron chi connectivity index (χ3n) is 3.75. The molecule has 3 nitrogen and oxygen atoms in total. The minimum absolute atomic E-state index is 0.0246. The summed E-state index contributed by atoms with van der Waals surface area (Å²) in [5.74, 6) is 0.748. The Morgan fingerprint density at radius 3 is 2.38 bits per heavy atom. The third-order valence-corrected chi connectivity index (χ3v) is 4.00. The van der Waals surface area contributed by atoms with Gasteiger partial charge in [-0.05, 0) is 36.2 Å². The van der Waals surface area contributed by atoms with Crippen LogP contribution in [0.1, 0.15) is 18.9 Å². The number of hydrogen-bond acceptors (Lipinski definition) is 3. The van der Waals surface area contributed by atoms with E-state index in [4.69, 9.17) is 16.3 Å². The number of anilines is 1. The molecule has 112 valence electrons. The quantitative estimate of drug-likeness (QED) is 0.845. The average Bonchev–Trinajstić information content (AvgIpc) is 2.54. The number of halogens is 1. The number of para-hydroxylation sites is 2. The molecule has 0 saturated carbocycles. The molecule has 1 unspecified atom stereocenters. The molecule has 0 aliphatic carbocycles. The van der Waals surface area contributed by atoms with Crippen LogP contribution in [0, 0.1) is 0 Å². The molecule has 0 aliphatic rings. The van der Waals surface area contributed by atoms with Crippen LogP contribution in [0.25, 0.3) is 0 Å². The molecule has 0 heterocycles. The second kappa shape index (κ2) is 6.83. The molecular weight excluding hydrogens is 286 g/mol. The highest BCUT2D eigenvalue weighted by molar-refractivity contribution is 6.30. The molecule has 4 heteroatoms. The Labute approximate surface area is 130 Å². The average molecular weight is 306 g/mol. The van der Waals surface area contributed by atoms with Crippen molar-refractivity contribution in [2.75, 3.05) is 19.0 Å². The lowest BCUT2D eigenvalue weighted by molar-refractivity contribution is 0.207. The molecule has 0 aliphatic heterocycles. The van der Waals surface area contributed by atoms with Crippen molar-refractivity contribution in [2.24, 2.45) is 0 Å². The number of nitrogens with one attached hydrogen (secondary N) is 1. The molecule has 0 aromatic heterocycles. The lowest BCUT2D eigenvalue weighted by Gasteiger charge is -2.34. The van der Waals surface area contributed by atoms with Gasteiger partial charge in [0.1, 0.15) is 5.75 Å². The first-order valence-corrected chi connectivity index (χ1v) is 7.31. The molecule has 1 atom stereocenters. The van der Waals surface area contributed by atoms with Gasteiger partial charge in [-0.1, -0.05) is 42.8 Å². The molecule has 2 rings (SSSR count). The van der Waals surface area contributed by atoms with E-state index < -0.39 is 5.54 Å². The van der Waals surface area contributed by atoms with Gasteiger partial charge in [0.15, 0.2) is 0 Å². The zero-order valence-electron chi connectivity index (χ0n) is 12.3. The van der Waals surface area contributed by atoms with Crippen LogP contribution in [-0.2, 0) is 5.54 Å². The zero-order chi connectivity index (χ0) is 15.3. The van der Waals surface area contributed by atoms with Crippen molar-refractivity contribution < 1.29 is 9.84 Å². The Morgan fingerprint density at radius 1 is 1.14 bits per heavy atom. The number of aliphatic hydroxyl groups excluding tert-OH is 1. The maximum atomic E-state index is 9.99. The van der Waals surface area contributed by atoms with E-state index in [0.29, 0.717) is 5.02 Å². The molecule has 0 radical (unpaired) electrons. The Bertz CT molecular complexity index is 580. The Morgan fingerprint density at radius 2 is 1.81 bits per heavy atom. The standard InChI is InChI=1S/C17H20ClNO2/c1-3-17(12-20,13-8-10-14(18)11-9-13)19-15-6-4-5-7-16(15)21-2/h4-11,19-20H,3,12H2,1-2H3. The third kappa shape index (κ3) is 3.31. The first-order chi connectivity index (χ1) is 10.1. The predicted molar refractivity (Wildman–Crippen MR) is 87.1 cm³/mol. The minimum Gasteiger partial charge on any atom is -0.495 e. The highest BCUT2D eigenvalue weighted by atomic mass is 35.5. The molecular formula is C17H20ClNO2. The second-order valence-electron chi connectivity index (χ2n) is 4.93. The van der Waals surface area contributed by atoms with E-state index in [-0.39, 0.29) is 6.61 Å². The zero-order valence-corrected chi connectivity index (χ0v) is 13.0. The summed E-state index contributed by atoms with van der Waals surface area (Å²) >= 11 is 5.95. The first-order valence-electron chi connectivity index (χ1n) is 6.93.